The summed E-state index contributed by atoms with van der Waals surface area (Å²) in [7, 11) is 2.14. The second-order valence-corrected chi connectivity index (χ2v) is 4.41. The van der Waals surface area contributed by atoms with E-state index >= 15 is 0 Å². The molecule has 0 bridgehead atoms. The van der Waals surface area contributed by atoms with Gasteiger partial charge < -0.3 is 10.6 Å². The number of halogens is 1. The van der Waals surface area contributed by atoms with E-state index < -0.39 is 0 Å². The van der Waals surface area contributed by atoms with Crippen molar-refractivity contribution in [2.75, 3.05) is 19.3 Å². The van der Waals surface area contributed by atoms with Crippen molar-refractivity contribution in [3.8, 4) is 0 Å². The van der Waals surface area contributed by atoms with E-state index in [9.17, 15) is 0 Å². The van der Waals surface area contributed by atoms with Crippen molar-refractivity contribution < 1.29 is 0 Å². The van der Waals surface area contributed by atoms with Gasteiger partial charge in [-0.25, -0.2) is 4.68 Å². The van der Waals surface area contributed by atoms with Crippen LogP contribution in [0.1, 0.15) is 12.8 Å². The first kappa shape index (κ1) is 9.92. The number of aromatic nitrogens is 3. The first-order valence-electron chi connectivity index (χ1n) is 4.73. The number of likely N-dealkylation sites (tertiary alicyclic amines) is 1. The molecule has 78 valence electrons. The number of rotatable bonds is 2. The summed E-state index contributed by atoms with van der Waals surface area (Å²) in [6.07, 6.45) is 2.49. The maximum absolute atomic E-state index is 5.50. The Morgan fingerprint density at radius 1 is 1.64 bits per heavy atom. The fourth-order valence-corrected chi connectivity index (χ4v) is 2.27. The molecule has 0 aliphatic carbocycles. The van der Waals surface area contributed by atoms with E-state index in [1.54, 1.807) is 0 Å². The van der Waals surface area contributed by atoms with Gasteiger partial charge >= 0.3 is 0 Å². The summed E-state index contributed by atoms with van der Waals surface area (Å²) < 4.78 is 2.54. The van der Waals surface area contributed by atoms with Crippen LogP contribution in [0.5, 0.6) is 0 Å². The lowest BCUT2D eigenvalue weighted by Gasteiger charge is -2.18. The molecule has 0 amide bonds. The Balaban J connectivity index is 2.06. The van der Waals surface area contributed by atoms with Crippen molar-refractivity contribution in [2.45, 2.75) is 25.4 Å². The SMILES string of the molecule is CN1CCCC1Cn1nc(N)nc1Br. The molecule has 0 aromatic carbocycles. The molecule has 5 nitrogen and oxygen atoms in total. The van der Waals surface area contributed by atoms with Gasteiger partial charge in [-0.15, -0.1) is 5.10 Å². The molecule has 1 atom stereocenters. The maximum Gasteiger partial charge on any atom is 0.240 e. The van der Waals surface area contributed by atoms with Crippen molar-refractivity contribution in [1.29, 1.82) is 0 Å². The Kier molecular flexibility index (Phi) is 2.73. The average Bonchev–Trinajstić information content (AvgIpc) is 2.62. The molecule has 1 unspecified atom stereocenters. The Morgan fingerprint density at radius 3 is 2.93 bits per heavy atom. The van der Waals surface area contributed by atoms with Crippen molar-refractivity contribution in [3.05, 3.63) is 4.73 Å². The zero-order valence-corrected chi connectivity index (χ0v) is 9.74. The lowest BCUT2D eigenvalue weighted by molar-refractivity contribution is 0.272. The van der Waals surface area contributed by atoms with Gasteiger partial charge in [0.05, 0.1) is 6.54 Å². The van der Waals surface area contributed by atoms with Gasteiger partial charge in [0.25, 0.3) is 0 Å². The molecule has 6 heteroatoms. The topological polar surface area (TPSA) is 60.0 Å². The number of nitrogen functional groups attached to an aromatic ring is 1. The summed E-state index contributed by atoms with van der Waals surface area (Å²) in [6.45, 7) is 2.04. The van der Waals surface area contributed by atoms with Crippen LogP contribution in [0, 0.1) is 0 Å². The average molecular weight is 260 g/mol. The summed E-state index contributed by atoms with van der Waals surface area (Å²) in [5, 5.41) is 4.12. The predicted molar refractivity (Wildman–Crippen MR) is 57.8 cm³/mol. The van der Waals surface area contributed by atoms with Crippen LogP contribution in [0.2, 0.25) is 0 Å². The molecule has 1 aliphatic heterocycles. The van der Waals surface area contributed by atoms with Crippen LogP contribution in [-0.4, -0.2) is 39.3 Å². The van der Waals surface area contributed by atoms with Crippen LogP contribution >= 0.6 is 15.9 Å². The summed E-state index contributed by atoms with van der Waals surface area (Å²) in [6, 6.07) is 0.562. The van der Waals surface area contributed by atoms with Crippen molar-refractivity contribution >= 4 is 21.9 Å². The van der Waals surface area contributed by atoms with E-state index in [1.807, 2.05) is 4.68 Å². The monoisotopic (exact) mass is 259 g/mol. The molecular weight excluding hydrogens is 246 g/mol. The molecule has 0 saturated carbocycles. The van der Waals surface area contributed by atoms with Crippen LogP contribution in [0.25, 0.3) is 0 Å². The van der Waals surface area contributed by atoms with Gasteiger partial charge in [0.2, 0.25) is 5.95 Å². The summed E-state index contributed by atoms with van der Waals surface area (Å²) in [5.74, 6) is 0.331. The van der Waals surface area contributed by atoms with E-state index in [-0.39, 0.29) is 0 Å². The molecule has 2 rings (SSSR count). The Morgan fingerprint density at radius 2 is 2.43 bits per heavy atom. The minimum Gasteiger partial charge on any atom is -0.366 e. The van der Waals surface area contributed by atoms with Gasteiger partial charge in [0.1, 0.15) is 0 Å². The Bertz CT molecular complexity index is 324. The second kappa shape index (κ2) is 3.86. The number of hydrogen-bond acceptors (Lipinski definition) is 4. The molecule has 0 spiro atoms. The molecule has 14 heavy (non-hydrogen) atoms. The molecule has 1 aromatic heterocycles. The van der Waals surface area contributed by atoms with E-state index in [4.69, 9.17) is 5.73 Å². The van der Waals surface area contributed by atoms with Gasteiger partial charge in [-0.2, -0.15) is 4.98 Å². The highest BCUT2D eigenvalue weighted by molar-refractivity contribution is 9.10. The highest BCUT2D eigenvalue weighted by Gasteiger charge is 2.22. The zero-order chi connectivity index (χ0) is 10.1. The lowest BCUT2D eigenvalue weighted by atomic mass is 10.2. The lowest BCUT2D eigenvalue weighted by Crippen LogP contribution is -2.29. The fourth-order valence-electron chi connectivity index (χ4n) is 1.87. The molecule has 1 saturated heterocycles. The first-order valence-corrected chi connectivity index (χ1v) is 5.52. The van der Waals surface area contributed by atoms with Gasteiger partial charge in [-0.3, -0.25) is 0 Å². The number of anilines is 1. The van der Waals surface area contributed by atoms with E-state index in [2.05, 4.69) is 38.0 Å². The third-order valence-electron chi connectivity index (χ3n) is 2.70. The second-order valence-electron chi connectivity index (χ2n) is 3.70. The summed E-state index contributed by atoms with van der Waals surface area (Å²) in [5.41, 5.74) is 5.50. The smallest absolute Gasteiger partial charge is 0.240 e. The number of hydrogen-bond donors (Lipinski definition) is 1. The maximum atomic E-state index is 5.50. The van der Waals surface area contributed by atoms with Crippen molar-refractivity contribution in [3.63, 3.8) is 0 Å². The molecule has 1 fully saturated rings. The highest BCUT2D eigenvalue weighted by atomic mass is 79.9. The molecular formula is C8H14BrN5. The predicted octanol–water partition coefficient (Wildman–Crippen LogP) is 0.717. The Labute approximate surface area is 91.4 Å². The van der Waals surface area contributed by atoms with Gasteiger partial charge in [0, 0.05) is 6.04 Å². The molecule has 2 N–H and O–H groups in total. The van der Waals surface area contributed by atoms with Crippen LogP contribution < -0.4 is 5.73 Å². The molecule has 0 radical (unpaired) electrons. The quantitative estimate of drug-likeness (QED) is 0.851. The van der Waals surface area contributed by atoms with Crippen molar-refractivity contribution in [2.24, 2.45) is 0 Å². The van der Waals surface area contributed by atoms with E-state index in [1.165, 1.54) is 19.4 Å². The first-order chi connectivity index (χ1) is 6.66. The largest absolute Gasteiger partial charge is 0.366 e. The standard InChI is InChI=1S/C8H14BrN5/c1-13-4-2-3-6(13)5-14-7(9)11-8(10)12-14/h6H,2-5H2,1H3,(H2,10,12). The Hall–Kier alpha value is -0.620. The highest BCUT2D eigenvalue weighted by Crippen LogP contribution is 2.18. The minimum absolute atomic E-state index is 0.331. The van der Waals surface area contributed by atoms with Crippen LogP contribution in [-0.2, 0) is 6.54 Å². The van der Waals surface area contributed by atoms with Gasteiger partial charge in [-0.1, -0.05) is 0 Å². The number of nitrogens with two attached hydrogens (primary N) is 1. The van der Waals surface area contributed by atoms with Crippen LogP contribution in [0.3, 0.4) is 0 Å². The van der Waals surface area contributed by atoms with Crippen LogP contribution in [0.15, 0.2) is 4.73 Å². The van der Waals surface area contributed by atoms with Gasteiger partial charge in [0.15, 0.2) is 4.73 Å². The fraction of sp³-hybridized carbons (Fsp3) is 0.750. The summed E-state index contributed by atoms with van der Waals surface area (Å²) in [4.78, 5) is 6.36. The normalized spacial score (nSPS) is 23.1. The molecule has 2 heterocycles. The number of likely N-dealkylation sites (N-methyl/N-ethyl adjacent to an activating group) is 1. The van der Waals surface area contributed by atoms with E-state index in [0.29, 0.717) is 12.0 Å². The third-order valence-corrected chi connectivity index (χ3v) is 3.28. The minimum atomic E-state index is 0.331. The van der Waals surface area contributed by atoms with Crippen LogP contribution in [0.4, 0.5) is 5.95 Å². The zero-order valence-electron chi connectivity index (χ0n) is 8.15. The van der Waals surface area contributed by atoms with E-state index in [0.717, 1.165) is 11.3 Å². The number of nitrogens with zero attached hydrogens (tertiary/aromatic N) is 4. The molecule has 1 aromatic rings. The van der Waals surface area contributed by atoms with Gasteiger partial charge in [-0.05, 0) is 42.4 Å². The molecule has 1 aliphatic rings. The van der Waals surface area contributed by atoms with Crippen molar-refractivity contribution in [1.82, 2.24) is 19.7 Å². The third kappa shape index (κ3) is 1.90. The summed E-state index contributed by atoms with van der Waals surface area (Å²) >= 11 is 3.34.